The van der Waals surface area contributed by atoms with Crippen LogP contribution in [0.1, 0.15) is 36.0 Å². The number of nitrogens with two attached hydrogens (primary N) is 1. The molecule has 0 bridgehead atoms. The summed E-state index contributed by atoms with van der Waals surface area (Å²) in [5.74, 6) is 0.324. The fraction of sp³-hybridized carbons (Fsp3) is 0.632. The van der Waals surface area contributed by atoms with Crippen LogP contribution >= 0.6 is 0 Å². The molecule has 1 saturated carbocycles. The number of aliphatic hydroxyl groups excluding tert-OH is 1. The second kappa shape index (κ2) is 7.72. The molecule has 1 saturated heterocycles. The molecule has 3 N–H and O–H groups in total. The van der Waals surface area contributed by atoms with Crippen LogP contribution in [0.2, 0.25) is 0 Å². The number of piperidine rings is 1. The molecule has 1 aliphatic carbocycles. The molecule has 0 radical (unpaired) electrons. The lowest BCUT2D eigenvalue weighted by molar-refractivity contribution is -0.201. The second-order valence-electron chi connectivity index (χ2n) is 7.14. The predicted octanol–water partition coefficient (Wildman–Crippen LogP) is 1.42. The van der Waals surface area contributed by atoms with E-state index in [-0.39, 0.29) is 17.6 Å². The molecule has 2 aliphatic rings. The zero-order chi connectivity index (χ0) is 17.9. The lowest BCUT2D eigenvalue weighted by Crippen LogP contribution is -2.62. The van der Waals surface area contributed by atoms with E-state index in [4.69, 9.17) is 15.2 Å². The summed E-state index contributed by atoms with van der Waals surface area (Å²) >= 11 is 0. The van der Waals surface area contributed by atoms with Crippen molar-refractivity contribution in [3.05, 3.63) is 29.8 Å². The van der Waals surface area contributed by atoms with Crippen molar-refractivity contribution in [2.45, 2.75) is 37.9 Å². The molecule has 6 heteroatoms. The Bertz CT molecular complexity index is 582. The number of likely N-dealkylation sites (tertiary alicyclic amines) is 1. The third-order valence-corrected chi connectivity index (χ3v) is 5.84. The third kappa shape index (κ3) is 3.81. The fourth-order valence-electron chi connectivity index (χ4n) is 4.10. The Morgan fingerprint density at radius 1 is 1.32 bits per heavy atom. The molecule has 1 aliphatic heterocycles. The van der Waals surface area contributed by atoms with Crippen LogP contribution in [0.15, 0.2) is 24.3 Å². The summed E-state index contributed by atoms with van der Waals surface area (Å²) in [5.41, 5.74) is 5.70. The fourth-order valence-corrected chi connectivity index (χ4v) is 4.10. The SMILES string of the molecule is CO[C@@H]1C[C@H](O)C12CCN(CCCOc1ccc(C(N)=O)cc1)CC2. The number of carbonyl (C=O) groups is 1. The highest BCUT2D eigenvalue weighted by atomic mass is 16.5. The molecule has 0 unspecified atom stereocenters. The van der Waals surface area contributed by atoms with Gasteiger partial charge in [0.1, 0.15) is 5.75 Å². The molecule has 6 nitrogen and oxygen atoms in total. The number of amides is 1. The van der Waals surface area contributed by atoms with Crippen molar-refractivity contribution in [2.24, 2.45) is 11.1 Å². The Kier molecular flexibility index (Phi) is 5.61. The van der Waals surface area contributed by atoms with Crippen LogP contribution in [0.25, 0.3) is 0 Å². The van der Waals surface area contributed by atoms with Crippen LogP contribution < -0.4 is 10.5 Å². The largest absolute Gasteiger partial charge is 0.494 e. The molecule has 0 aromatic heterocycles. The average molecular weight is 348 g/mol. The average Bonchev–Trinajstić information content (AvgIpc) is 2.64. The summed E-state index contributed by atoms with van der Waals surface area (Å²) in [5, 5.41) is 10.2. The normalized spacial score (nSPS) is 25.5. The number of primary amides is 1. The van der Waals surface area contributed by atoms with Gasteiger partial charge in [0.2, 0.25) is 5.91 Å². The van der Waals surface area contributed by atoms with Crippen molar-refractivity contribution in [2.75, 3.05) is 33.4 Å². The molecule has 1 amide bonds. The zero-order valence-corrected chi connectivity index (χ0v) is 14.8. The quantitative estimate of drug-likeness (QED) is 0.728. The van der Waals surface area contributed by atoms with Gasteiger partial charge < -0.3 is 25.2 Å². The maximum absolute atomic E-state index is 11.0. The van der Waals surface area contributed by atoms with Crippen LogP contribution in [0.3, 0.4) is 0 Å². The highest BCUT2D eigenvalue weighted by Crippen LogP contribution is 2.50. The highest BCUT2D eigenvalue weighted by molar-refractivity contribution is 5.92. The first-order valence-corrected chi connectivity index (χ1v) is 9.01. The Morgan fingerprint density at radius 2 is 2.00 bits per heavy atom. The summed E-state index contributed by atoms with van der Waals surface area (Å²) in [6, 6.07) is 6.90. The number of rotatable bonds is 7. The van der Waals surface area contributed by atoms with E-state index in [0.717, 1.165) is 51.1 Å². The summed E-state index contributed by atoms with van der Waals surface area (Å²) in [6.07, 6.45) is 3.74. The number of hydrogen-bond acceptors (Lipinski definition) is 5. The third-order valence-electron chi connectivity index (χ3n) is 5.84. The molecule has 2 atom stereocenters. The molecule has 1 aromatic rings. The van der Waals surface area contributed by atoms with E-state index < -0.39 is 5.91 Å². The van der Waals surface area contributed by atoms with E-state index in [1.807, 2.05) is 0 Å². The monoisotopic (exact) mass is 348 g/mol. The molecule has 1 heterocycles. The summed E-state index contributed by atoms with van der Waals surface area (Å²) in [6.45, 7) is 3.64. The molecule has 3 rings (SSSR count). The standard InChI is InChI=1S/C19H28N2O4/c1-24-17-13-16(22)19(17)7-10-21(11-8-19)9-2-12-25-15-5-3-14(4-6-15)18(20)23/h3-6,16-17,22H,2,7-13H2,1H3,(H2,20,23)/t16-,17+/m0/s1. The van der Waals surface area contributed by atoms with Crippen LogP contribution in [0.5, 0.6) is 5.75 Å². The lowest BCUT2D eigenvalue weighted by atomic mass is 9.58. The van der Waals surface area contributed by atoms with E-state index in [9.17, 15) is 9.90 Å². The Hall–Kier alpha value is -1.63. The molecule has 1 aromatic carbocycles. The van der Waals surface area contributed by atoms with E-state index >= 15 is 0 Å². The zero-order valence-electron chi connectivity index (χ0n) is 14.8. The van der Waals surface area contributed by atoms with Crippen molar-refractivity contribution in [1.82, 2.24) is 4.90 Å². The Labute approximate surface area is 148 Å². The number of benzene rings is 1. The number of ether oxygens (including phenoxy) is 2. The first-order chi connectivity index (χ1) is 12.0. The Morgan fingerprint density at radius 3 is 2.56 bits per heavy atom. The van der Waals surface area contributed by atoms with Gasteiger partial charge in [-0.05, 0) is 56.6 Å². The van der Waals surface area contributed by atoms with Crippen molar-refractivity contribution in [3.63, 3.8) is 0 Å². The van der Waals surface area contributed by atoms with E-state index in [1.54, 1.807) is 31.4 Å². The van der Waals surface area contributed by atoms with Gasteiger partial charge in [0, 0.05) is 31.1 Å². The Balaban J connectivity index is 1.36. The molecule has 1 spiro atoms. The second-order valence-corrected chi connectivity index (χ2v) is 7.14. The van der Waals surface area contributed by atoms with Gasteiger partial charge in [-0.1, -0.05) is 0 Å². The van der Waals surface area contributed by atoms with Crippen molar-refractivity contribution >= 4 is 5.91 Å². The molecule has 2 fully saturated rings. The van der Waals surface area contributed by atoms with Gasteiger partial charge in [-0.3, -0.25) is 4.79 Å². The predicted molar refractivity (Wildman–Crippen MR) is 94.6 cm³/mol. The summed E-state index contributed by atoms with van der Waals surface area (Å²) in [4.78, 5) is 13.5. The van der Waals surface area contributed by atoms with Gasteiger partial charge in [-0.2, -0.15) is 0 Å². The van der Waals surface area contributed by atoms with E-state index in [0.29, 0.717) is 12.2 Å². The smallest absolute Gasteiger partial charge is 0.248 e. The van der Waals surface area contributed by atoms with Crippen LogP contribution in [-0.2, 0) is 4.74 Å². The molecule has 25 heavy (non-hydrogen) atoms. The number of aliphatic hydroxyl groups is 1. The van der Waals surface area contributed by atoms with E-state index in [2.05, 4.69) is 4.90 Å². The molecule has 138 valence electrons. The number of carbonyl (C=O) groups excluding carboxylic acids is 1. The molecular weight excluding hydrogens is 320 g/mol. The van der Waals surface area contributed by atoms with Crippen LogP contribution in [0.4, 0.5) is 0 Å². The summed E-state index contributed by atoms with van der Waals surface area (Å²) in [7, 11) is 1.75. The minimum Gasteiger partial charge on any atom is -0.494 e. The van der Waals surface area contributed by atoms with Gasteiger partial charge in [-0.25, -0.2) is 0 Å². The van der Waals surface area contributed by atoms with Crippen molar-refractivity contribution in [3.8, 4) is 5.75 Å². The van der Waals surface area contributed by atoms with Gasteiger partial charge in [-0.15, -0.1) is 0 Å². The topological polar surface area (TPSA) is 85.0 Å². The number of hydrogen-bond donors (Lipinski definition) is 2. The van der Waals surface area contributed by atoms with Gasteiger partial charge in [0.25, 0.3) is 0 Å². The highest BCUT2D eigenvalue weighted by Gasteiger charge is 2.55. The minimum atomic E-state index is -0.429. The van der Waals surface area contributed by atoms with Gasteiger partial charge in [0.05, 0.1) is 18.8 Å². The minimum absolute atomic E-state index is 0.01000. The van der Waals surface area contributed by atoms with Crippen molar-refractivity contribution in [1.29, 1.82) is 0 Å². The van der Waals surface area contributed by atoms with Gasteiger partial charge >= 0.3 is 0 Å². The maximum atomic E-state index is 11.0. The first-order valence-electron chi connectivity index (χ1n) is 9.01. The number of methoxy groups -OCH3 is 1. The van der Waals surface area contributed by atoms with Gasteiger partial charge in [0.15, 0.2) is 0 Å². The van der Waals surface area contributed by atoms with E-state index in [1.165, 1.54) is 0 Å². The maximum Gasteiger partial charge on any atom is 0.248 e. The van der Waals surface area contributed by atoms with Crippen LogP contribution in [-0.4, -0.2) is 61.5 Å². The molecular formula is C19H28N2O4. The number of nitrogens with zero attached hydrogens (tertiary/aromatic N) is 1. The first kappa shape index (κ1) is 18.2. The van der Waals surface area contributed by atoms with Crippen molar-refractivity contribution < 1.29 is 19.4 Å². The summed E-state index contributed by atoms with van der Waals surface area (Å²) < 4.78 is 11.2. The van der Waals surface area contributed by atoms with Crippen LogP contribution in [0, 0.1) is 5.41 Å². The lowest BCUT2D eigenvalue weighted by Gasteiger charge is -2.56.